The number of carbonyl (C=O) groups excluding carboxylic acids is 2. The van der Waals surface area contributed by atoms with E-state index in [1.54, 1.807) is 18.3 Å². The smallest absolute Gasteiger partial charge is 0.254 e. The molecule has 1 saturated heterocycles. The molecule has 3 heterocycles. The molecule has 0 saturated carbocycles. The number of carbonyl (C=O) groups is 2. The SMILES string of the molecule is CCOc1ccc([C@H]2[C@@H](C(=O)Nc3ccccn3)c3ccccc3C(=O)N2CCN2CCOCC2)cc1. The Balaban J connectivity index is 1.54. The number of hydrogen-bond acceptors (Lipinski definition) is 6. The molecule has 2 atom stereocenters. The molecule has 37 heavy (non-hydrogen) atoms. The van der Waals surface area contributed by atoms with Crippen LogP contribution in [0.2, 0.25) is 0 Å². The Labute approximate surface area is 217 Å². The normalized spacial score (nSPS) is 19.8. The molecular formula is C29H32N4O4. The lowest BCUT2D eigenvalue weighted by atomic mass is 9.79. The molecule has 0 bridgehead atoms. The molecule has 5 rings (SSSR count). The quantitative estimate of drug-likeness (QED) is 0.508. The Morgan fingerprint density at radius 2 is 1.78 bits per heavy atom. The van der Waals surface area contributed by atoms with E-state index in [0.29, 0.717) is 44.3 Å². The molecule has 1 fully saturated rings. The number of fused-ring (bicyclic) bond motifs is 1. The van der Waals surface area contributed by atoms with Gasteiger partial charge in [-0.15, -0.1) is 0 Å². The number of hydrogen-bond donors (Lipinski definition) is 1. The second-order valence-electron chi connectivity index (χ2n) is 9.17. The van der Waals surface area contributed by atoms with Gasteiger partial charge in [0.25, 0.3) is 5.91 Å². The molecule has 2 aliphatic rings. The average molecular weight is 501 g/mol. The number of amides is 2. The van der Waals surface area contributed by atoms with E-state index in [4.69, 9.17) is 9.47 Å². The highest BCUT2D eigenvalue weighted by atomic mass is 16.5. The highest BCUT2D eigenvalue weighted by Crippen LogP contribution is 2.43. The molecule has 1 N–H and O–H groups in total. The molecule has 2 amide bonds. The van der Waals surface area contributed by atoms with Gasteiger partial charge >= 0.3 is 0 Å². The molecule has 0 radical (unpaired) electrons. The van der Waals surface area contributed by atoms with E-state index in [9.17, 15) is 9.59 Å². The van der Waals surface area contributed by atoms with Crippen molar-refractivity contribution in [2.24, 2.45) is 0 Å². The van der Waals surface area contributed by atoms with Crippen molar-refractivity contribution in [2.75, 3.05) is 51.3 Å². The van der Waals surface area contributed by atoms with Gasteiger partial charge in [0.15, 0.2) is 0 Å². The number of rotatable bonds is 8. The Hall–Kier alpha value is -3.75. The summed E-state index contributed by atoms with van der Waals surface area (Å²) < 4.78 is 11.1. The van der Waals surface area contributed by atoms with Gasteiger partial charge in [0.05, 0.1) is 31.8 Å². The highest BCUT2D eigenvalue weighted by Gasteiger charge is 2.44. The standard InChI is InChI=1S/C29H32N4O4/c1-2-37-22-12-10-21(11-13-22)27-26(28(34)31-25-9-5-6-14-30-25)23-7-3-4-8-24(23)29(35)33(27)16-15-32-17-19-36-20-18-32/h3-14,26-27H,2,15-20H2,1H3,(H,30,31,34)/t26-,27-/m0/s1. The predicted octanol–water partition coefficient (Wildman–Crippen LogP) is 3.73. The van der Waals surface area contributed by atoms with Crippen LogP contribution in [0.5, 0.6) is 5.75 Å². The van der Waals surface area contributed by atoms with E-state index < -0.39 is 12.0 Å². The number of benzene rings is 2. The van der Waals surface area contributed by atoms with Crippen LogP contribution < -0.4 is 10.1 Å². The van der Waals surface area contributed by atoms with E-state index in [0.717, 1.165) is 30.0 Å². The fraction of sp³-hybridized carbons (Fsp3) is 0.345. The third-order valence-electron chi connectivity index (χ3n) is 6.93. The number of ether oxygens (including phenoxy) is 2. The van der Waals surface area contributed by atoms with Crippen molar-refractivity contribution in [3.8, 4) is 5.75 Å². The Kier molecular flexibility index (Phi) is 7.77. The van der Waals surface area contributed by atoms with Gasteiger partial charge in [-0.2, -0.15) is 0 Å². The number of anilines is 1. The zero-order valence-electron chi connectivity index (χ0n) is 21.0. The molecule has 8 nitrogen and oxygen atoms in total. The minimum absolute atomic E-state index is 0.0652. The van der Waals surface area contributed by atoms with Crippen molar-refractivity contribution in [1.82, 2.24) is 14.8 Å². The predicted molar refractivity (Wildman–Crippen MR) is 141 cm³/mol. The lowest BCUT2D eigenvalue weighted by molar-refractivity contribution is -0.119. The second-order valence-corrected chi connectivity index (χ2v) is 9.17. The lowest BCUT2D eigenvalue weighted by Gasteiger charge is -2.42. The summed E-state index contributed by atoms with van der Waals surface area (Å²) in [6, 6.07) is 20.1. The summed E-state index contributed by atoms with van der Waals surface area (Å²) in [5.74, 6) is 0.354. The zero-order valence-corrected chi connectivity index (χ0v) is 21.0. The summed E-state index contributed by atoms with van der Waals surface area (Å²) in [5.41, 5.74) is 2.17. The van der Waals surface area contributed by atoms with Crippen LogP contribution in [0.3, 0.4) is 0 Å². The highest BCUT2D eigenvalue weighted by molar-refractivity contribution is 6.04. The number of nitrogens with zero attached hydrogens (tertiary/aromatic N) is 3. The van der Waals surface area contributed by atoms with Gasteiger partial charge in [-0.25, -0.2) is 4.98 Å². The second kappa shape index (κ2) is 11.5. The molecule has 0 spiro atoms. The van der Waals surface area contributed by atoms with E-state index in [-0.39, 0.29) is 11.8 Å². The lowest BCUT2D eigenvalue weighted by Crippen LogP contribution is -2.49. The van der Waals surface area contributed by atoms with E-state index in [2.05, 4.69) is 15.2 Å². The minimum Gasteiger partial charge on any atom is -0.494 e. The third kappa shape index (κ3) is 5.50. The van der Waals surface area contributed by atoms with Crippen LogP contribution in [0.1, 0.15) is 40.4 Å². The van der Waals surface area contributed by atoms with Crippen LogP contribution in [0.25, 0.3) is 0 Å². The first kappa shape index (κ1) is 24.9. The van der Waals surface area contributed by atoms with Gasteiger partial charge in [-0.3, -0.25) is 14.5 Å². The maximum atomic E-state index is 13.9. The summed E-state index contributed by atoms with van der Waals surface area (Å²) >= 11 is 0. The monoisotopic (exact) mass is 500 g/mol. The minimum atomic E-state index is -0.612. The van der Waals surface area contributed by atoms with Crippen molar-refractivity contribution in [1.29, 1.82) is 0 Å². The first-order valence-corrected chi connectivity index (χ1v) is 12.8. The van der Waals surface area contributed by atoms with Crippen molar-refractivity contribution < 1.29 is 19.1 Å². The topological polar surface area (TPSA) is 84.0 Å². The Morgan fingerprint density at radius 3 is 2.51 bits per heavy atom. The van der Waals surface area contributed by atoms with Gasteiger partial charge in [-0.05, 0) is 48.4 Å². The molecule has 8 heteroatoms. The van der Waals surface area contributed by atoms with Crippen molar-refractivity contribution in [3.63, 3.8) is 0 Å². The van der Waals surface area contributed by atoms with E-state index in [1.807, 2.05) is 66.4 Å². The number of morpholine rings is 1. The van der Waals surface area contributed by atoms with Crippen LogP contribution in [0.4, 0.5) is 5.82 Å². The molecule has 2 aromatic carbocycles. The first-order chi connectivity index (χ1) is 18.2. The molecule has 192 valence electrons. The fourth-order valence-electron chi connectivity index (χ4n) is 5.13. The van der Waals surface area contributed by atoms with Crippen LogP contribution in [-0.2, 0) is 9.53 Å². The first-order valence-electron chi connectivity index (χ1n) is 12.8. The fourth-order valence-corrected chi connectivity index (χ4v) is 5.13. The maximum absolute atomic E-state index is 13.9. The van der Waals surface area contributed by atoms with Gasteiger partial charge in [0, 0.05) is 37.9 Å². The van der Waals surface area contributed by atoms with Crippen molar-refractivity contribution >= 4 is 17.6 Å². The van der Waals surface area contributed by atoms with Gasteiger partial charge < -0.3 is 19.7 Å². The Morgan fingerprint density at radius 1 is 1.03 bits per heavy atom. The van der Waals surface area contributed by atoms with Crippen LogP contribution in [0.15, 0.2) is 72.9 Å². The molecule has 0 aliphatic carbocycles. The molecule has 0 unspecified atom stereocenters. The summed E-state index contributed by atoms with van der Waals surface area (Å²) in [4.78, 5) is 36.2. The summed E-state index contributed by atoms with van der Waals surface area (Å²) in [6.45, 7) is 6.75. The van der Waals surface area contributed by atoms with Gasteiger partial charge in [-0.1, -0.05) is 36.4 Å². The van der Waals surface area contributed by atoms with Crippen LogP contribution in [0, 0.1) is 0 Å². The van der Waals surface area contributed by atoms with Gasteiger partial charge in [0.1, 0.15) is 11.6 Å². The molecular weight excluding hydrogens is 468 g/mol. The number of nitrogens with one attached hydrogen (secondary N) is 1. The van der Waals surface area contributed by atoms with Crippen LogP contribution >= 0.6 is 0 Å². The summed E-state index contributed by atoms with van der Waals surface area (Å²) in [7, 11) is 0. The third-order valence-corrected chi connectivity index (χ3v) is 6.93. The summed E-state index contributed by atoms with van der Waals surface area (Å²) in [5, 5.41) is 2.99. The molecule has 3 aromatic rings. The zero-order chi connectivity index (χ0) is 25.6. The molecule has 1 aromatic heterocycles. The maximum Gasteiger partial charge on any atom is 0.254 e. The summed E-state index contributed by atoms with van der Waals surface area (Å²) in [6.07, 6.45) is 1.65. The van der Waals surface area contributed by atoms with Gasteiger partial charge in [0.2, 0.25) is 5.91 Å². The number of aromatic nitrogens is 1. The van der Waals surface area contributed by atoms with Crippen molar-refractivity contribution in [3.05, 3.63) is 89.6 Å². The van der Waals surface area contributed by atoms with E-state index in [1.165, 1.54) is 0 Å². The van der Waals surface area contributed by atoms with Crippen molar-refractivity contribution in [2.45, 2.75) is 18.9 Å². The average Bonchev–Trinajstić information content (AvgIpc) is 2.94. The van der Waals surface area contributed by atoms with E-state index >= 15 is 0 Å². The molecule has 2 aliphatic heterocycles. The number of pyridine rings is 1. The van der Waals surface area contributed by atoms with Crippen LogP contribution in [-0.4, -0.2) is 72.6 Å². The largest absolute Gasteiger partial charge is 0.494 e. The Bertz CT molecular complexity index is 1210.